The number of nitrogens with zero attached hydrogens (tertiary/aromatic N) is 1. The van der Waals surface area contributed by atoms with E-state index in [1.54, 1.807) is 12.3 Å². The molecule has 3 heteroatoms. The monoisotopic (exact) mass is 211 g/mol. The van der Waals surface area contributed by atoms with Crippen LogP contribution in [0.25, 0.3) is 0 Å². The van der Waals surface area contributed by atoms with E-state index in [4.69, 9.17) is 11.5 Å². The predicted octanol–water partition coefficient (Wildman–Crippen LogP) is 2.60. The van der Waals surface area contributed by atoms with Crippen molar-refractivity contribution in [2.45, 2.75) is 0 Å². The lowest BCUT2D eigenvalue weighted by atomic mass is 10.2. The van der Waals surface area contributed by atoms with Gasteiger partial charge in [-0.2, -0.15) is 0 Å². The molecule has 0 heterocycles. The van der Waals surface area contributed by atoms with Crippen LogP contribution in [0, 0.1) is 0 Å². The molecule has 80 valence electrons. The van der Waals surface area contributed by atoms with E-state index in [1.807, 2.05) is 42.5 Å². The molecule has 2 aromatic carbocycles. The Morgan fingerprint density at radius 3 is 2.38 bits per heavy atom. The minimum atomic E-state index is 0.523. The highest BCUT2D eigenvalue weighted by atomic mass is 14.8. The number of rotatable bonds is 2. The molecular formula is C13H13N3. The van der Waals surface area contributed by atoms with Crippen molar-refractivity contribution in [1.82, 2.24) is 0 Å². The molecule has 0 saturated heterocycles. The van der Waals surface area contributed by atoms with Crippen molar-refractivity contribution in [2.75, 3.05) is 11.5 Å². The van der Waals surface area contributed by atoms with Gasteiger partial charge >= 0.3 is 0 Å². The predicted molar refractivity (Wildman–Crippen MR) is 69.0 cm³/mol. The summed E-state index contributed by atoms with van der Waals surface area (Å²) in [7, 11) is 0. The Labute approximate surface area is 94.4 Å². The fourth-order valence-corrected chi connectivity index (χ4v) is 1.37. The highest BCUT2D eigenvalue weighted by Gasteiger charge is 1.98. The molecule has 0 aliphatic rings. The summed E-state index contributed by atoms with van der Waals surface area (Å²) in [5.41, 5.74) is 14.3. The number of benzene rings is 2. The molecule has 16 heavy (non-hydrogen) atoms. The van der Waals surface area contributed by atoms with Crippen LogP contribution in [0.1, 0.15) is 5.56 Å². The summed E-state index contributed by atoms with van der Waals surface area (Å²) in [4.78, 5) is 4.31. The topological polar surface area (TPSA) is 64.4 Å². The second kappa shape index (κ2) is 4.49. The smallest absolute Gasteiger partial charge is 0.0880 e. The molecule has 0 aromatic heterocycles. The van der Waals surface area contributed by atoms with Gasteiger partial charge in [0.2, 0.25) is 0 Å². The lowest BCUT2D eigenvalue weighted by Crippen LogP contribution is -1.94. The van der Waals surface area contributed by atoms with E-state index in [-0.39, 0.29) is 0 Å². The van der Waals surface area contributed by atoms with E-state index in [1.165, 1.54) is 0 Å². The van der Waals surface area contributed by atoms with Crippen molar-refractivity contribution < 1.29 is 0 Å². The van der Waals surface area contributed by atoms with Gasteiger partial charge in [-0.3, -0.25) is 4.99 Å². The molecule has 0 radical (unpaired) electrons. The minimum Gasteiger partial charge on any atom is -0.397 e. The molecule has 0 aliphatic carbocycles. The van der Waals surface area contributed by atoms with Gasteiger partial charge in [0.25, 0.3) is 0 Å². The van der Waals surface area contributed by atoms with Gasteiger partial charge in [0.15, 0.2) is 0 Å². The number of nitrogen functional groups attached to an aromatic ring is 2. The summed E-state index contributed by atoms with van der Waals surface area (Å²) in [6, 6.07) is 15.3. The van der Waals surface area contributed by atoms with E-state index in [2.05, 4.69) is 4.99 Å². The van der Waals surface area contributed by atoms with E-state index >= 15 is 0 Å². The third kappa shape index (κ3) is 2.20. The van der Waals surface area contributed by atoms with Gasteiger partial charge in [-0.25, -0.2) is 0 Å². The summed E-state index contributed by atoms with van der Waals surface area (Å²) in [6.45, 7) is 0. The highest BCUT2D eigenvalue weighted by Crippen LogP contribution is 2.26. The zero-order chi connectivity index (χ0) is 11.4. The molecule has 0 unspecified atom stereocenters. The summed E-state index contributed by atoms with van der Waals surface area (Å²) in [6.07, 6.45) is 1.77. The van der Waals surface area contributed by atoms with Crippen molar-refractivity contribution in [3.63, 3.8) is 0 Å². The summed E-state index contributed by atoms with van der Waals surface area (Å²) < 4.78 is 0. The second-order valence-corrected chi connectivity index (χ2v) is 3.45. The van der Waals surface area contributed by atoms with Crippen molar-refractivity contribution in [1.29, 1.82) is 0 Å². The maximum absolute atomic E-state index is 5.81. The van der Waals surface area contributed by atoms with E-state index in [9.17, 15) is 0 Å². The molecule has 0 saturated carbocycles. The average molecular weight is 211 g/mol. The zero-order valence-corrected chi connectivity index (χ0v) is 8.80. The molecule has 0 atom stereocenters. The van der Waals surface area contributed by atoms with E-state index in [0.29, 0.717) is 17.1 Å². The number of anilines is 2. The lowest BCUT2D eigenvalue weighted by Gasteiger charge is -2.02. The van der Waals surface area contributed by atoms with Gasteiger partial charge < -0.3 is 11.5 Å². The van der Waals surface area contributed by atoms with Gasteiger partial charge in [0, 0.05) is 6.21 Å². The Bertz CT molecular complexity index is 504. The zero-order valence-electron chi connectivity index (χ0n) is 8.80. The molecule has 3 nitrogen and oxygen atoms in total. The first kappa shape index (κ1) is 10.2. The largest absolute Gasteiger partial charge is 0.397 e. The normalized spacial score (nSPS) is 10.8. The number of hydrogen-bond acceptors (Lipinski definition) is 3. The summed E-state index contributed by atoms with van der Waals surface area (Å²) in [5.74, 6) is 0. The van der Waals surface area contributed by atoms with Crippen molar-refractivity contribution in [2.24, 2.45) is 4.99 Å². The number of aliphatic imine (C=N–C) groups is 1. The Kier molecular flexibility index (Phi) is 2.87. The molecule has 0 bridgehead atoms. The fourth-order valence-electron chi connectivity index (χ4n) is 1.37. The molecule has 0 spiro atoms. The van der Waals surface area contributed by atoms with Gasteiger partial charge in [-0.1, -0.05) is 36.4 Å². The van der Waals surface area contributed by atoms with Crippen molar-refractivity contribution in [3.8, 4) is 0 Å². The maximum Gasteiger partial charge on any atom is 0.0880 e. The summed E-state index contributed by atoms with van der Waals surface area (Å²) >= 11 is 0. The van der Waals surface area contributed by atoms with Crippen LogP contribution >= 0.6 is 0 Å². The van der Waals surface area contributed by atoms with Gasteiger partial charge in [0.1, 0.15) is 0 Å². The Morgan fingerprint density at radius 1 is 0.875 bits per heavy atom. The van der Waals surface area contributed by atoms with Crippen molar-refractivity contribution >= 4 is 23.3 Å². The quantitative estimate of drug-likeness (QED) is 0.592. The highest BCUT2D eigenvalue weighted by molar-refractivity contribution is 5.86. The molecule has 2 aromatic rings. The van der Waals surface area contributed by atoms with Gasteiger partial charge in [-0.15, -0.1) is 0 Å². The number of nitrogens with two attached hydrogens (primary N) is 2. The molecular weight excluding hydrogens is 198 g/mol. The van der Waals surface area contributed by atoms with Gasteiger partial charge in [-0.05, 0) is 17.7 Å². The third-order valence-corrected chi connectivity index (χ3v) is 2.27. The average Bonchev–Trinajstić information content (AvgIpc) is 2.32. The van der Waals surface area contributed by atoms with Crippen LogP contribution in [0.4, 0.5) is 17.1 Å². The SMILES string of the molecule is Nc1cccc(N=Cc2ccccc2)c1N. The van der Waals surface area contributed by atoms with E-state index in [0.717, 1.165) is 5.56 Å². The molecule has 2 rings (SSSR count). The van der Waals surface area contributed by atoms with Crippen molar-refractivity contribution in [3.05, 3.63) is 54.1 Å². The first-order valence-electron chi connectivity index (χ1n) is 5.00. The van der Waals surface area contributed by atoms with Crippen LogP contribution in [-0.4, -0.2) is 6.21 Å². The second-order valence-electron chi connectivity index (χ2n) is 3.45. The maximum atomic E-state index is 5.81. The molecule has 0 fully saturated rings. The first-order chi connectivity index (χ1) is 7.77. The Morgan fingerprint density at radius 2 is 1.62 bits per heavy atom. The van der Waals surface area contributed by atoms with Crippen LogP contribution in [0.3, 0.4) is 0 Å². The van der Waals surface area contributed by atoms with Crippen LogP contribution in [0.5, 0.6) is 0 Å². The Balaban J connectivity index is 2.28. The molecule has 0 amide bonds. The lowest BCUT2D eigenvalue weighted by molar-refractivity contribution is 1.52. The van der Waals surface area contributed by atoms with Crippen LogP contribution < -0.4 is 11.5 Å². The minimum absolute atomic E-state index is 0.523. The van der Waals surface area contributed by atoms with Gasteiger partial charge in [0.05, 0.1) is 17.1 Å². The molecule has 0 aliphatic heterocycles. The Hall–Kier alpha value is -2.29. The summed E-state index contributed by atoms with van der Waals surface area (Å²) in [5, 5.41) is 0. The number of hydrogen-bond donors (Lipinski definition) is 2. The van der Waals surface area contributed by atoms with E-state index < -0.39 is 0 Å². The molecule has 4 N–H and O–H groups in total. The first-order valence-corrected chi connectivity index (χ1v) is 5.00. The third-order valence-electron chi connectivity index (χ3n) is 2.27. The van der Waals surface area contributed by atoms with Crippen LogP contribution in [-0.2, 0) is 0 Å². The van der Waals surface area contributed by atoms with Crippen LogP contribution in [0.2, 0.25) is 0 Å². The fraction of sp³-hybridized carbons (Fsp3) is 0. The standard InChI is InChI=1S/C13H13N3/c14-11-7-4-8-12(13(11)15)16-9-10-5-2-1-3-6-10/h1-9H,14-15H2. The number of para-hydroxylation sites is 1. The van der Waals surface area contributed by atoms with Crippen LogP contribution in [0.15, 0.2) is 53.5 Å².